The lowest BCUT2D eigenvalue weighted by Gasteiger charge is -2.13. The van der Waals surface area contributed by atoms with Crippen LogP contribution in [-0.4, -0.2) is 31.6 Å². The average Bonchev–Trinajstić information content (AvgIpc) is 2.70. The van der Waals surface area contributed by atoms with E-state index in [-0.39, 0.29) is 24.7 Å². The van der Waals surface area contributed by atoms with Crippen LogP contribution in [-0.2, 0) is 17.9 Å². The standard InChI is InChI=1S/C20H23ClF2N4O2/c1-2-24-20(27-13-18(28)25-11-14-6-4-3-5-7-14)26-12-15-10-16(21)8-9-17(15)29-19(22)23/h3-10,19H,2,11-13H2,1H3,(H,25,28)(H2,24,26,27). The van der Waals surface area contributed by atoms with Crippen LogP contribution < -0.4 is 20.7 Å². The maximum absolute atomic E-state index is 12.6. The summed E-state index contributed by atoms with van der Waals surface area (Å²) in [6, 6.07) is 13.9. The number of amides is 1. The Kier molecular flexibility index (Phi) is 9.17. The summed E-state index contributed by atoms with van der Waals surface area (Å²) < 4.78 is 29.6. The van der Waals surface area contributed by atoms with E-state index in [4.69, 9.17) is 11.6 Å². The predicted molar refractivity (Wildman–Crippen MR) is 109 cm³/mol. The zero-order valence-electron chi connectivity index (χ0n) is 15.9. The molecule has 2 rings (SSSR count). The molecular formula is C20H23ClF2N4O2. The van der Waals surface area contributed by atoms with Crippen molar-refractivity contribution in [3.05, 3.63) is 64.7 Å². The van der Waals surface area contributed by atoms with Gasteiger partial charge in [-0.15, -0.1) is 0 Å². The Labute approximate surface area is 173 Å². The number of aliphatic imine (C=N–C) groups is 1. The smallest absolute Gasteiger partial charge is 0.387 e. The van der Waals surface area contributed by atoms with E-state index in [0.29, 0.717) is 29.6 Å². The quantitative estimate of drug-likeness (QED) is 0.426. The molecule has 156 valence electrons. The van der Waals surface area contributed by atoms with Crippen molar-refractivity contribution in [3.63, 3.8) is 0 Å². The summed E-state index contributed by atoms with van der Waals surface area (Å²) in [5, 5.41) is 9.09. The van der Waals surface area contributed by atoms with Gasteiger partial charge in [-0.25, -0.2) is 4.99 Å². The molecule has 0 heterocycles. The van der Waals surface area contributed by atoms with E-state index in [9.17, 15) is 13.6 Å². The molecule has 0 saturated heterocycles. The maximum Gasteiger partial charge on any atom is 0.387 e. The van der Waals surface area contributed by atoms with Gasteiger partial charge in [-0.1, -0.05) is 41.9 Å². The summed E-state index contributed by atoms with van der Waals surface area (Å²) in [4.78, 5) is 16.4. The second kappa shape index (κ2) is 11.9. The van der Waals surface area contributed by atoms with Crippen molar-refractivity contribution in [1.29, 1.82) is 0 Å². The second-order valence-electron chi connectivity index (χ2n) is 5.94. The van der Waals surface area contributed by atoms with Crippen LogP contribution in [0, 0.1) is 0 Å². The topological polar surface area (TPSA) is 74.8 Å². The molecule has 0 aliphatic rings. The lowest BCUT2D eigenvalue weighted by atomic mass is 10.2. The molecule has 0 radical (unpaired) electrons. The third-order valence-electron chi connectivity index (χ3n) is 3.74. The van der Waals surface area contributed by atoms with E-state index in [2.05, 4.69) is 25.7 Å². The number of hydrogen-bond donors (Lipinski definition) is 3. The number of ether oxygens (including phenoxy) is 1. The Morgan fingerprint density at radius 3 is 2.59 bits per heavy atom. The molecule has 2 aromatic rings. The molecule has 2 aromatic carbocycles. The Hall–Kier alpha value is -2.87. The summed E-state index contributed by atoms with van der Waals surface area (Å²) >= 11 is 5.94. The van der Waals surface area contributed by atoms with E-state index in [1.807, 2.05) is 37.3 Å². The number of alkyl halides is 2. The van der Waals surface area contributed by atoms with Crippen molar-refractivity contribution in [3.8, 4) is 5.75 Å². The van der Waals surface area contributed by atoms with Gasteiger partial charge in [0.2, 0.25) is 5.91 Å². The van der Waals surface area contributed by atoms with E-state index < -0.39 is 6.61 Å². The van der Waals surface area contributed by atoms with Gasteiger partial charge in [0.25, 0.3) is 0 Å². The lowest BCUT2D eigenvalue weighted by Crippen LogP contribution is -2.43. The summed E-state index contributed by atoms with van der Waals surface area (Å²) in [5.41, 5.74) is 1.40. The molecule has 0 bridgehead atoms. The van der Waals surface area contributed by atoms with Crippen molar-refractivity contribution in [1.82, 2.24) is 16.0 Å². The van der Waals surface area contributed by atoms with Gasteiger partial charge in [0, 0.05) is 23.7 Å². The third kappa shape index (κ3) is 8.35. The minimum absolute atomic E-state index is 0.00426. The molecule has 0 fully saturated rings. The summed E-state index contributed by atoms with van der Waals surface area (Å²) in [5.74, 6) is 0.166. The zero-order chi connectivity index (χ0) is 21.1. The van der Waals surface area contributed by atoms with Gasteiger partial charge >= 0.3 is 6.61 Å². The first-order valence-electron chi connectivity index (χ1n) is 9.04. The molecular weight excluding hydrogens is 402 g/mol. The Balaban J connectivity index is 1.94. The predicted octanol–water partition coefficient (Wildman–Crippen LogP) is 3.31. The average molecular weight is 425 g/mol. The fraction of sp³-hybridized carbons (Fsp3) is 0.300. The first-order chi connectivity index (χ1) is 14.0. The lowest BCUT2D eigenvalue weighted by molar-refractivity contribution is -0.120. The van der Waals surface area contributed by atoms with Gasteiger partial charge in [0.1, 0.15) is 5.75 Å². The molecule has 0 aromatic heterocycles. The molecule has 0 aliphatic heterocycles. The number of halogens is 3. The first kappa shape index (κ1) is 22.4. The number of carbonyl (C=O) groups is 1. The first-order valence-corrected chi connectivity index (χ1v) is 9.41. The van der Waals surface area contributed by atoms with Crippen molar-refractivity contribution in [2.45, 2.75) is 26.6 Å². The Morgan fingerprint density at radius 1 is 1.14 bits per heavy atom. The highest BCUT2D eigenvalue weighted by Gasteiger charge is 2.11. The summed E-state index contributed by atoms with van der Waals surface area (Å²) in [6.07, 6.45) is 0. The molecule has 0 atom stereocenters. The molecule has 29 heavy (non-hydrogen) atoms. The zero-order valence-corrected chi connectivity index (χ0v) is 16.7. The SMILES string of the molecule is CCNC(=NCc1cc(Cl)ccc1OC(F)F)NCC(=O)NCc1ccccc1. The van der Waals surface area contributed by atoms with Gasteiger partial charge < -0.3 is 20.7 Å². The van der Waals surface area contributed by atoms with Crippen LogP contribution in [0.25, 0.3) is 0 Å². The number of rotatable bonds is 9. The largest absolute Gasteiger partial charge is 0.434 e. The van der Waals surface area contributed by atoms with Crippen LogP contribution >= 0.6 is 11.6 Å². The number of hydrogen-bond acceptors (Lipinski definition) is 3. The Morgan fingerprint density at radius 2 is 1.90 bits per heavy atom. The molecule has 1 amide bonds. The van der Waals surface area contributed by atoms with Gasteiger partial charge in [0.15, 0.2) is 5.96 Å². The van der Waals surface area contributed by atoms with Crippen LogP contribution in [0.5, 0.6) is 5.75 Å². The highest BCUT2D eigenvalue weighted by atomic mass is 35.5. The van der Waals surface area contributed by atoms with Crippen LogP contribution in [0.15, 0.2) is 53.5 Å². The van der Waals surface area contributed by atoms with Gasteiger partial charge in [-0.05, 0) is 30.7 Å². The van der Waals surface area contributed by atoms with Crippen LogP contribution in [0.1, 0.15) is 18.1 Å². The summed E-state index contributed by atoms with van der Waals surface area (Å²) in [6.45, 7) is -0.0342. The number of nitrogens with zero attached hydrogens (tertiary/aromatic N) is 1. The molecule has 0 saturated carbocycles. The number of benzene rings is 2. The van der Waals surface area contributed by atoms with Gasteiger partial charge in [-0.2, -0.15) is 8.78 Å². The molecule has 3 N–H and O–H groups in total. The normalized spacial score (nSPS) is 11.3. The minimum Gasteiger partial charge on any atom is -0.434 e. The van der Waals surface area contributed by atoms with Crippen molar-refractivity contribution in [2.24, 2.45) is 4.99 Å². The molecule has 9 heteroatoms. The third-order valence-corrected chi connectivity index (χ3v) is 3.97. The monoisotopic (exact) mass is 424 g/mol. The molecule has 0 aliphatic carbocycles. The fourth-order valence-corrected chi connectivity index (χ4v) is 2.61. The second-order valence-corrected chi connectivity index (χ2v) is 6.38. The number of guanidine groups is 1. The summed E-state index contributed by atoms with van der Waals surface area (Å²) in [7, 11) is 0. The van der Waals surface area contributed by atoms with Gasteiger partial charge in [0.05, 0.1) is 13.1 Å². The molecule has 0 spiro atoms. The van der Waals surface area contributed by atoms with Crippen molar-refractivity contribution in [2.75, 3.05) is 13.1 Å². The highest BCUT2D eigenvalue weighted by molar-refractivity contribution is 6.30. The maximum atomic E-state index is 12.6. The number of carbonyl (C=O) groups excluding carboxylic acids is 1. The van der Waals surface area contributed by atoms with E-state index in [0.717, 1.165) is 5.56 Å². The van der Waals surface area contributed by atoms with E-state index >= 15 is 0 Å². The minimum atomic E-state index is -2.95. The molecule has 0 unspecified atom stereocenters. The molecule has 6 nitrogen and oxygen atoms in total. The fourth-order valence-electron chi connectivity index (χ4n) is 2.41. The van der Waals surface area contributed by atoms with E-state index in [1.165, 1.54) is 18.2 Å². The Bertz CT molecular complexity index is 819. The van der Waals surface area contributed by atoms with Gasteiger partial charge in [-0.3, -0.25) is 4.79 Å². The highest BCUT2D eigenvalue weighted by Crippen LogP contribution is 2.25. The van der Waals surface area contributed by atoms with Crippen molar-refractivity contribution < 1.29 is 18.3 Å². The van der Waals surface area contributed by atoms with Crippen LogP contribution in [0.3, 0.4) is 0 Å². The van der Waals surface area contributed by atoms with Crippen molar-refractivity contribution >= 4 is 23.5 Å². The van der Waals surface area contributed by atoms with Crippen LogP contribution in [0.4, 0.5) is 8.78 Å². The van der Waals surface area contributed by atoms with E-state index in [1.54, 1.807) is 0 Å². The number of nitrogens with one attached hydrogen (secondary N) is 3. The van der Waals surface area contributed by atoms with Crippen LogP contribution in [0.2, 0.25) is 5.02 Å².